The highest BCUT2D eigenvalue weighted by atomic mass is 16.2. The molecule has 3 atom stereocenters. The van der Waals surface area contributed by atoms with Crippen molar-refractivity contribution < 1.29 is 4.79 Å². The van der Waals surface area contributed by atoms with Crippen LogP contribution in [0.5, 0.6) is 0 Å². The summed E-state index contributed by atoms with van der Waals surface area (Å²) in [5.74, 6) is 2.31. The Labute approximate surface area is 93.0 Å². The minimum Gasteiger partial charge on any atom is -0.345 e. The standard InChI is InChI=1S/C12H24N2O/c1-9(7-13)4-5-12(15)14(3)8-11-6-10(11)2/h9-11H,4-8,13H2,1-3H3. The molecule has 88 valence electrons. The van der Waals surface area contributed by atoms with Crippen LogP contribution in [0.2, 0.25) is 0 Å². The molecule has 0 spiro atoms. The number of nitrogens with two attached hydrogens (primary N) is 1. The van der Waals surface area contributed by atoms with Crippen LogP contribution < -0.4 is 5.73 Å². The molecular formula is C12H24N2O. The van der Waals surface area contributed by atoms with Gasteiger partial charge in [-0.25, -0.2) is 0 Å². The van der Waals surface area contributed by atoms with Gasteiger partial charge in [-0.2, -0.15) is 0 Å². The van der Waals surface area contributed by atoms with Crippen LogP contribution in [0.4, 0.5) is 0 Å². The maximum atomic E-state index is 11.7. The molecule has 0 heterocycles. The fourth-order valence-corrected chi connectivity index (χ4v) is 1.79. The van der Waals surface area contributed by atoms with E-state index in [2.05, 4.69) is 13.8 Å². The second-order valence-electron chi connectivity index (χ2n) is 5.13. The van der Waals surface area contributed by atoms with Crippen LogP contribution >= 0.6 is 0 Å². The molecule has 0 aliphatic heterocycles. The third kappa shape index (κ3) is 4.20. The van der Waals surface area contributed by atoms with Gasteiger partial charge in [0.15, 0.2) is 0 Å². The van der Waals surface area contributed by atoms with E-state index in [1.165, 1.54) is 6.42 Å². The van der Waals surface area contributed by atoms with Gasteiger partial charge in [-0.3, -0.25) is 4.79 Å². The van der Waals surface area contributed by atoms with Gasteiger partial charge in [0.05, 0.1) is 0 Å². The summed E-state index contributed by atoms with van der Waals surface area (Å²) in [5, 5.41) is 0. The number of hydrogen-bond donors (Lipinski definition) is 1. The number of hydrogen-bond acceptors (Lipinski definition) is 2. The molecule has 1 saturated carbocycles. The quantitative estimate of drug-likeness (QED) is 0.725. The van der Waals surface area contributed by atoms with Crippen molar-refractivity contribution in [2.75, 3.05) is 20.1 Å². The zero-order valence-electron chi connectivity index (χ0n) is 10.2. The van der Waals surface area contributed by atoms with E-state index in [9.17, 15) is 4.79 Å². The molecule has 2 N–H and O–H groups in total. The van der Waals surface area contributed by atoms with Crippen molar-refractivity contribution in [3.63, 3.8) is 0 Å². The van der Waals surface area contributed by atoms with Gasteiger partial charge in [0.25, 0.3) is 0 Å². The molecule has 3 nitrogen and oxygen atoms in total. The minimum atomic E-state index is 0.273. The SMILES string of the molecule is CC(CN)CCC(=O)N(C)CC1CC1C. The van der Waals surface area contributed by atoms with E-state index >= 15 is 0 Å². The second kappa shape index (κ2) is 5.50. The van der Waals surface area contributed by atoms with E-state index in [1.54, 1.807) is 0 Å². The van der Waals surface area contributed by atoms with Crippen molar-refractivity contribution in [2.24, 2.45) is 23.5 Å². The molecule has 1 rings (SSSR count). The lowest BCUT2D eigenvalue weighted by Crippen LogP contribution is -2.29. The topological polar surface area (TPSA) is 46.3 Å². The predicted molar refractivity (Wildman–Crippen MR) is 62.4 cm³/mol. The summed E-state index contributed by atoms with van der Waals surface area (Å²) in [6.07, 6.45) is 2.85. The maximum Gasteiger partial charge on any atom is 0.222 e. The number of amides is 1. The molecule has 0 aromatic rings. The van der Waals surface area contributed by atoms with Gasteiger partial charge in [-0.05, 0) is 37.1 Å². The second-order valence-corrected chi connectivity index (χ2v) is 5.13. The normalized spacial score (nSPS) is 26.1. The summed E-state index contributed by atoms with van der Waals surface area (Å²) >= 11 is 0. The fourth-order valence-electron chi connectivity index (χ4n) is 1.79. The molecule has 0 aromatic heterocycles. The van der Waals surface area contributed by atoms with Gasteiger partial charge in [-0.1, -0.05) is 13.8 Å². The Bertz CT molecular complexity index is 218. The van der Waals surface area contributed by atoms with Gasteiger partial charge in [0.2, 0.25) is 5.91 Å². The van der Waals surface area contributed by atoms with E-state index in [0.717, 1.165) is 24.8 Å². The van der Waals surface area contributed by atoms with E-state index in [0.29, 0.717) is 18.9 Å². The van der Waals surface area contributed by atoms with Crippen molar-refractivity contribution in [3.05, 3.63) is 0 Å². The molecule has 0 radical (unpaired) electrons. The highest BCUT2D eigenvalue weighted by Crippen LogP contribution is 2.38. The third-order valence-corrected chi connectivity index (χ3v) is 3.46. The Morgan fingerprint density at radius 2 is 2.20 bits per heavy atom. The lowest BCUT2D eigenvalue weighted by molar-refractivity contribution is -0.130. The molecule has 1 fully saturated rings. The van der Waals surface area contributed by atoms with E-state index in [1.807, 2.05) is 11.9 Å². The van der Waals surface area contributed by atoms with Crippen LogP contribution in [0.3, 0.4) is 0 Å². The minimum absolute atomic E-state index is 0.273. The van der Waals surface area contributed by atoms with Gasteiger partial charge in [-0.15, -0.1) is 0 Å². The summed E-state index contributed by atoms with van der Waals surface area (Å²) in [4.78, 5) is 13.6. The van der Waals surface area contributed by atoms with Crippen molar-refractivity contribution in [1.29, 1.82) is 0 Å². The first-order valence-electron chi connectivity index (χ1n) is 5.98. The molecule has 0 bridgehead atoms. The van der Waals surface area contributed by atoms with Crippen LogP contribution in [0.15, 0.2) is 0 Å². The number of carbonyl (C=O) groups is 1. The Morgan fingerprint density at radius 1 is 1.60 bits per heavy atom. The Kier molecular flexibility index (Phi) is 4.58. The fraction of sp³-hybridized carbons (Fsp3) is 0.917. The zero-order valence-corrected chi connectivity index (χ0v) is 10.2. The van der Waals surface area contributed by atoms with Gasteiger partial charge in [0.1, 0.15) is 0 Å². The van der Waals surface area contributed by atoms with E-state index in [4.69, 9.17) is 5.73 Å². The average molecular weight is 212 g/mol. The first-order chi connectivity index (χ1) is 7.04. The molecule has 3 unspecified atom stereocenters. The predicted octanol–water partition coefficient (Wildman–Crippen LogP) is 1.48. The summed E-state index contributed by atoms with van der Waals surface area (Å²) in [5.41, 5.74) is 5.52. The number of carbonyl (C=O) groups excluding carboxylic acids is 1. The molecule has 0 aromatic carbocycles. The van der Waals surface area contributed by atoms with Crippen molar-refractivity contribution in [2.45, 2.75) is 33.1 Å². The highest BCUT2D eigenvalue weighted by molar-refractivity contribution is 5.75. The Hall–Kier alpha value is -0.570. The van der Waals surface area contributed by atoms with Gasteiger partial charge in [0, 0.05) is 20.0 Å². The van der Waals surface area contributed by atoms with E-state index < -0.39 is 0 Å². The van der Waals surface area contributed by atoms with Crippen molar-refractivity contribution in [3.8, 4) is 0 Å². The lowest BCUT2D eigenvalue weighted by atomic mass is 10.1. The first-order valence-corrected chi connectivity index (χ1v) is 5.98. The molecule has 15 heavy (non-hydrogen) atoms. The summed E-state index contributed by atoms with van der Waals surface area (Å²) in [6.45, 7) is 5.96. The summed E-state index contributed by atoms with van der Waals surface area (Å²) in [7, 11) is 1.92. The monoisotopic (exact) mass is 212 g/mol. The Balaban J connectivity index is 2.15. The summed E-state index contributed by atoms with van der Waals surface area (Å²) < 4.78 is 0. The van der Waals surface area contributed by atoms with Gasteiger partial charge < -0.3 is 10.6 Å². The van der Waals surface area contributed by atoms with E-state index in [-0.39, 0.29) is 5.91 Å². The number of rotatable bonds is 6. The lowest BCUT2D eigenvalue weighted by Gasteiger charge is -2.18. The van der Waals surface area contributed by atoms with Crippen LogP contribution in [-0.4, -0.2) is 30.9 Å². The largest absolute Gasteiger partial charge is 0.345 e. The molecule has 1 aliphatic rings. The summed E-state index contributed by atoms with van der Waals surface area (Å²) in [6, 6.07) is 0. The number of nitrogens with zero attached hydrogens (tertiary/aromatic N) is 1. The van der Waals surface area contributed by atoms with Crippen LogP contribution in [0.25, 0.3) is 0 Å². The molecule has 3 heteroatoms. The van der Waals surface area contributed by atoms with Crippen LogP contribution in [-0.2, 0) is 4.79 Å². The molecule has 1 aliphatic carbocycles. The average Bonchev–Trinajstić information content (AvgIpc) is 2.89. The molecule has 1 amide bonds. The van der Waals surface area contributed by atoms with Crippen LogP contribution in [0, 0.1) is 17.8 Å². The Morgan fingerprint density at radius 3 is 2.67 bits per heavy atom. The van der Waals surface area contributed by atoms with Crippen LogP contribution in [0.1, 0.15) is 33.1 Å². The highest BCUT2D eigenvalue weighted by Gasteiger charge is 2.33. The van der Waals surface area contributed by atoms with Gasteiger partial charge >= 0.3 is 0 Å². The maximum absolute atomic E-state index is 11.7. The molecular weight excluding hydrogens is 188 g/mol. The first kappa shape index (κ1) is 12.5. The van der Waals surface area contributed by atoms with Crippen molar-refractivity contribution in [1.82, 2.24) is 4.90 Å². The smallest absolute Gasteiger partial charge is 0.222 e. The van der Waals surface area contributed by atoms with Crippen molar-refractivity contribution >= 4 is 5.91 Å². The third-order valence-electron chi connectivity index (χ3n) is 3.46. The molecule has 0 saturated heterocycles. The zero-order chi connectivity index (χ0) is 11.4.